The van der Waals surface area contributed by atoms with Gasteiger partial charge in [-0.3, -0.25) is 9.59 Å². The normalized spacial score (nSPS) is 11.8. The largest absolute Gasteiger partial charge is 0.354 e. The number of nitrogens with zero attached hydrogens (tertiary/aromatic N) is 1. The van der Waals surface area contributed by atoms with Crippen molar-refractivity contribution in [3.63, 3.8) is 0 Å². The van der Waals surface area contributed by atoms with E-state index in [1.54, 1.807) is 4.90 Å². The Morgan fingerprint density at radius 2 is 1.47 bits per heavy atom. The van der Waals surface area contributed by atoms with Crippen molar-refractivity contribution in [1.82, 2.24) is 10.2 Å². The number of carbonyl (C=O) groups excluding carboxylic acids is 2. The quantitative estimate of drug-likeness (QED) is 0.452. The van der Waals surface area contributed by atoms with Gasteiger partial charge < -0.3 is 10.2 Å². The average molecular weight is 457 g/mol. The van der Waals surface area contributed by atoms with Gasteiger partial charge in [0.25, 0.3) is 0 Å². The van der Waals surface area contributed by atoms with Gasteiger partial charge in [0.15, 0.2) is 0 Å². The molecule has 4 heteroatoms. The molecule has 0 aromatic heterocycles. The van der Waals surface area contributed by atoms with Gasteiger partial charge in [-0.15, -0.1) is 0 Å². The molecule has 0 heterocycles. The maximum absolute atomic E-state index is 13.8. The van der Waals surface area contributed by atoms with E-state index in [0.29, 0.717) is 25.4 Å². The summed E-state index contributed by atoms with van der Waals surface area (Å²) in [7, 11) is 0. The van der Waals surface area contributed by atoms with Crippen LogP contribution in [0.25, 0.3) is 0 Å². The van der Waals surface area contributed by atoms with Crippen molar-refractivity contribution >= 4 is 11.8 Å². The lowest BCUT2D eigenvalue weighted by Crippen LogP contribution is -2.51. The molecule has 4 nitrogen and oxygen atoms in total. The van der Waals surface area contributed by atoms with Crippen molar-refractivity contribution in [3.8, 4) is 0 Å². The van der Waals surface area contributed by atoms with Crippen LogP contribution in [0.2, 0.25) is 0 Å². The Balaban J connectivity index is 1.96. The van der Waals surface area contributed by atoms with Gasteiger partial charge >= 0.3 is 0 Å². The lowest BCUT2D eigenvalue weighted by atomic mass is 10.00. The molecule has 0 aliphatic carbocycles. The molecular weight excluding hydrogens is 420 g/mol. The number of rotatable bonds is 10. The molecule has 1 unspecified atom stereocenters. The molecule has 0 saturated carbocycles. The van der Waals surface area contributed by atoms with E-state index in [9.17, 15) is 9.59 Å². The van der Waals surface area contributed by atoms with Crippen LogP contribution in [0.1, 0.15) is 41.7 Å². The summed E-state index contributed by atoms with van der Waals surface area (Å²) in [5.41, 5.74) is 5.28. The first-order valence-corrected chi connectivity index (χ1v) is 12.0. The third-order valence-corrected chi connectivity index (χ3v) is 6.03. The second kappa shape index (κ2) is 12.2. The molecule has 3 aromatic rings. The van der Waals surface area contributed by atoms with Crippen molar-refractivity contribution in [2.45, 2.75) is 53.1 Å². The summed E-state index contributed by atoms with van der Waals surface area (Å²) in [6.45, 7) is 9.16. The highest BCUT2D eigenvalue weighted by atomic mass is 16.2. The summed E-state index contributed by atoms with van der Waals surface area (Å²) in [4.78, 5) is 29.0. The van der Waals surface area contributed by atoms with Gasteiger partial charge in [-0.2, -0.15) is 0 Å². The van der Waals surface area contributed by atoms with Crippen LogP contribution < -0.4 is 5.32 Å². The van der Waals surface area contributed by atoms with E-state index < -0.39 is 6.04 Å². The molecule has 34 heavy (non-hydrogen) atoms. The molecule has 1 N–H and O–H groups in total. The van der Waals surface area contributed by atoms with Crippen LogP contribution in [0.3, 0.4) is 0 Å². The molecule has 0 radical (unpaired) electrons. The molecule has 178 valence electrons. The lowest BCUT2D eigenvalue weighted by molar-refractivity contribution is -0.140. The average Bonchev–Trinajstić information content (AvgIpc) is 2.83. The highest BCUT2D eigenvalue weighted by Crippen LogP contribution is 2.18. The number of carbonyl (C=O) groups is 2. The Kier molecular flexibility index (Phi) is 9.03. The van der Waals surface area contributed by atoms with E-state index in [1.807, 2.05) is 92.7 Å². The first kappa shape index (κ1) is 25.2. The number of nitrogens with one attached hydrogen (secondary N) is 1. The number of aryl methyl sites for hydroxylation is 2. The van der Waals surface area contributed by atoms with Crippen LogP contribution >= 0.6 is 0 Å². The number of hydrogen-bond acceptors (Lipinski definition) is 2. The van der Waals surface area contributed by atoms with E-state index in [-0.39, 0.29) is 18.2 Å². The zero-order valence-corrected chi connectivity index (χ0v) is 20.8. The molecule has 3 aromatic carbocycles. The molecule has 0 aliphatic heterocycles. The fourth-order valence-corrected chi connectivity index (χ4v) is 3.94. The fourth-order valence-electron chi connectivity index (χ4n) is 3.94. The monoisotopic (exact) mass is 456 g/mol. The molecule has 0 fully saturated rings. The summed E-state index contributed by atoms with van der Waals surface area (Å²) < 4.78 is 0. The van der Waals surface area contributed by atoms with E-state index in [4.69, 9.17) is 0 Å². The highest BCUT2D eigenvalue weighted by molar-refractivity contribution is 5.89. The van der Waals surface area contributed by atoms with Crippen LogP contribution in [0, 0.1) is 19.8 Å². The summed E-state index contributed by atoms with van der Waals surface area (Å²) >= 11 is 0. The van der Waals surface area contributed by atoms with E-state index in [2.05, 4.69) is 19.2 Å². The molecule has 0 bridgehead atoms. The predicted octanol–water partition coefficient (Wildman–Crippen LogP) is 5.26. The first-order valence-electron chi connectivity index (χ1n) is 12.0. The minimum absolute atomic E-state index is 0.0458. The van der Waals surface area contributed by atoms with E-state index >= 15 is 0 Å². The number of benzene rings is 3. The summed E-state index contributed by atoms with van der Waals surface area (Å²) in [5.74, 6) is 0.174. The van der Waals surface area contributed by atoms with Crippen LogP contribution in [0.15, 0.2) is 78.9 Å². The number of amides is 2. The van der Waals surface area contributed by atoms with Crippen LogP contribution in [-0.4, -0.2) is 29.3 Å². The fraction of sp³-hybridized carbons (Fsp3) is 0.333. The molecule has 0 saturated heterocycles. The summed E-state index contributed by atoms with van der Waals surface area (Å²) in [6.07, 6.45) is 0.734. The Bertz CT molecular complexity index is 1070. The third-order valence-electron chi connectivity index (χ3n) is 6.03. The second-order valence-electron chi connectivity index (χ2n) is 9.46. The Hall–Kier alpha value is -3.40. The first-order chi connectivity index (χ1) is 16.3. The maximum atomic E-state index is 13.8. The third kappa shape index (κ3) is 7.31. The van der Waals surface area contributed by atoms with Gasteiger partial charge in [-0.25, -0.2) is 0 Å². The molecule has 1 atom stereocenters. The van der Waals surface area contributed by atoms with Gasteiger partial charge in [0.05, 0.1) is 6.42 Å². The van der Waals surface area contributed by atoms with E-state index in [1.165, 1.54) is 0 Å². The van der Waals surface area contributed by atoms with E-state index in [0.717, 1.165) is 27.8 Å². The standard InChI is InChI=1S/C30H36N2O2/c1-22(2)20-31-30(34)28(18-25-11-6-5-7-12-25)32(21-26-16-14-23(3)15-17-26)29(33)19-27-13-9-8-10-24(27)4/h5-17,22,28H,18-21H2,1-4H3,(H,31,34). The minimum Gasteiger partial charge on any atom is -0.354 e. The van der Waals surface area contributed by atoms with Crippen molar-refractivity contribution in [2.75, 3.05) is 6.54 Å². The lowest BCUT2D eigenvalue weighted by Gasteiger charge is -2.32. The molecule has 2 amide bonds. The Labute approximate surface area is 204 Å². The van der Waals surface area contributed by atoms with Gasteiger partial charge in [-0.05, 0) is 42.0 Å². The summed E-state index contributed by atoms with van der Waals surface area (Å²) in [5, 5.41) is 3.08. The van der Waals surface area contributed by atoms with Gasteiger partial charge in [-0.1, -0.05) is 98.3 Å². The van der Waals surface area contributed by atoms with Crippen LogP contribution in [-0.2, 0) is 29.0 Å². The topological polar surface area (TPSA) is 49.4 Å². The SMILES string of the molecule is Cc1ccc(CN(C(=O)Cc2ccccc2C)C(Cc2ccccc2)C(=O)NCC(C)C)cc1. The van der Waals surface area contributed by atoms with Gasteiger partial charge in [0.2, 0.25) is 11.8 Å². The van der Waals surface area contributed by atoms with Crippen LogP contribution in [0.5, 0.6) is 0 Å². The van der Waals surface area contributed by atoms with Crippen LogP contribution in [0.4, 0.5) is 0 Å². The highest BCUT2D eigenvalue weighted by Gasteiger charge is 2.30. The molecule has 0 aliphatic rings. The van der Waals surface area contributed by atoms with Gasteiger partial charge in [0, 0.05) is 19.5 Å². The maximum Gasteiger partial charge on any atom is 0.243 e. The van der Waals surface area contributed by atoms with Crippen molar-refractivity contribution in [1.29, 1.82) is 0 Å². The number of hydrogen-bond donors (Lipinski definition) is 1. The molecule has 3 rings (SSSR count). The second-order valence-corrected chi connectivity index (χ2v) is 9.46. The smallest absolute Gasteiger partial charge is 0.243 e. The zero-order valence-electron chi connectivity index (χ0n) is 20.8. The predicted molar refractivity (Wildman–Crippen MR) is 138 cm³/mol. The zero-order chi connectivity index (χ0) is 24.5. The summed E-state index contributed by atoms with van der Waals surface area (Å²) in [6, 6.07) is 25.4. The Morgan fingerprint density at radius 3 is 2.12 bits per heavy atom. The Morgan fingerprint density at radius 1 is 0.824 bits per heavy atom. The molecule has 0 spiro atoms. The van der Waals surface area contributed by atoms with Crippen molar-refractivity contribution in [2.24, 2.45) is 5.92 Å². The van der Waals surface area contributed by atoms with Crippen molar-refractivity contribution < 1.29 is 9.59 Å². The minimum atomic E-state index is -0.598. The van der Waals surface area contributed by atoms with Crippen molar-refractivity contribution in [3.05, 3.63) is 107 Å². The van der Waals surface area contributed by atoms with Gasteiger partial charge in [0.1, 0.15) is 6.04 Å². The molecular formula is C30H36N2O2.